The Labute approximate surface area is 147 Å². The van der Waals surface area contributed by atoms with Gasteiger partial charge < -0.3 is 10.4 Å². The number of nitrogens with zero attached hydrogens (tertiary/aromatic N) is 4. The van der Waals surface area contributed by atoms with E-state index in [0.717, 1.165) is 30.0 Å². The second-order valence-electron chi connectivity index (χ2n) is 6.66. The van der Waals surface area contributed by atoms with Crippen LogP contribution in [0, 0.1) is 13.8 Å². The lowest BCUT2D eigenvalue weighted by Gasteiger charge is -2.42. The van der Waals surface area contributed by atoms with Gasteiger partial charge in [0.05, 0.1) is 23.5 Å². The van der Waals surface area contributed by atoms with E-state index < -0.39 is 0 Å². The second kappa shape index (κ2) is 6.46. The molecule has 25 heavy (non-hydrogen) atoms. The standard InChI is InChI=1S/C19H23N5O/c1-13-16(14(2)24(22-13)15-7-4-3-5-8-15)12-20-17-11-18(25)19(17)23-10-6-9-21-23/h3-10,17-20,25H,11-12H2,1-2H3/t17-,18+,19+/m0/s1. The van der Waals surface area contributed by atoms with Gasteiger partial charge in [0.2, 0.25) is 0 Å². The van der Waals surface area contributed by atoms with Crippen LogP contribution in [0.4, 0.5) is 0 Å². The number of para-hydroxylation sites is 1. The maximum Gasteiger partial charge on any atom is 0.0932 e. The Hall–Kier alpha value is -2.44. The minimum atomic E-state index is -0.341. The lowest BCUT2D eigenvalue weighted by molar-refractivity contribution is -0.00824. The molecule has 1 aromatic carbocycles. The predicted molar refractivity (Wildman–Crippen MR) is 95.6 cm³/mol. The maximum atomic E-state index is 10.1. The molecule has 3 atom stereocenters. The first-order valence-corrected chi connectivity index (χ1v) is 8.66. The molecule has 2 N–H and O–H groups in total. The molecule has 0 unspecified atom stereocenters. The molecule has 0 radical (unpaired) electrons. The molecule has 1 fully saturated rings. The summed E-state index contributed by atoms with van der Waals surface area (Å²) in [5, 5.41) is 22.6. The zero-order valence-electron chi connectivity index (χ0n) is 14.5. The zero-order valence-corrected chi connectivity index (χ0v) is 14.5. The number of rotatable bonds is 5. The molecule has 0 bridgehead atoms. The van der Waals surface area contributed by atoms with E-state index in [0.29, 0.717) is 0 Å². The summed E-state index contributed by atoms with van der Waals surface area (Å²) in [7, 11) is 0. The Balaban J connectivity index is 1.50. The molecule has 6 nitrogen and oxygen atoms in total. The quantitative estimate of drug-likeness (QED) is 0.749. The van der Waals surface area contributed by atoms with Gasteiger partial charge in [0, 0.05) is 36.2 Å². The Morgan fingerprint density at radius 3 is 2.68 bits per heavy atom. The lowest BCUT2D eigenvalue weighted by Crippen LogP contribution is -2.54. The van der Waals surface area contributed by atoms with Gasteiger partial charge >= 0.3 is 0 Å². The van der Waals surface area contributed by atoms with Crippen LogP contribution in [0.25, 0.3) is 5.69 Å². The molecule has 4 rings (SSSR count). The van der Waals surface area contributed by atoms with Crippen molar-refractivity contribution in [2.45, 2.75) is 45.0 Å². The number of aliphatic hydroxyl groups is 1. The largest absolute Gasteiger partial charge is 0.391 e. The molecular weight excluding hydrogens is 314 g/mol. The van der Waals surface area contributed by atoms with E-state index in [4.69, 9.17) is 5.10 Å². The SMILES string of the molecule is Cc1nn(-c2ccccc2)c(C)c1CN[C@H]1C[C@@H](O)[C@@H]1n1cccn1. The number of aryl methyl sites for hydroxylation is 1. The third-order valence-electron chi connectivity index (χ3n) is 5.12. The van der Waals surface area contributed by atoms with Crippen LogP contribution < -0.4 is 5.32 Å². The Morgan fingerprint density at radius 2 is 2.00 bits per heavy atom. The number of hydrogen-bond acceptors (Lipinski definition) is 4. The van der Waals surface area contributed by atoms with Gasteiger partial charge in [-0.25, -0.2) is 4.68 Å². The van der Waals surface area contributed by atoms with Crippen molar-refractivity contribution in [3.05, 3.63) is 65.7 Å². The molecule has 0 aliphatic heterocycles. The van der Waals surface area contributed by atoms with Crippen molar-refractivity contribution in [1.82, 2.24) is 24.9 Å². The summed E-state index contributed by atoms with van der Waals surface area (Å²) >= 11 is 0. The summed E-state index contributed by atoms with van der Waals surface area (Å²) < 4.78 is 3.84. The first-order valence-electron chi connectivity index (χ1n) is 8.66. The van der Waals surface area contributed by atoms with Gasteiger partial charge in [-0.3, -0.25) is 4.68 Å². The fraction of sp³-hybridized carbons (Fsp3) is 0.368. The molecule has 2 heterocycles. The van der Waals surface area contributed by atoms with Crippen LogP contribution in [0.1, 0.15) is 29.4 Å². The van der Waals surface area contributed by atoms with E-state index in [1.165, 1.54) is 5.56 Å². The molecule has 6 heteroatoms. The van der Waals surface area contributed by atoms with Gasteiger partial charge in [0.1, 0.15) is 0 Å². The minimum absolute atomic E-state index is 0.000203. The smallest absolute Gasteiger partial charge is 0.0932 e. The number of benzene rings is 1. The fourth-order valence-electron chi connectivity index (χ4n) is 3.62. The van der Waals surface area contributed by atoms with E-state index in [9.17, 15) is 5.11 Å². The number of aliphatic hydroxyl groups excluding tert-OH is 1. The molecule has 130 valence electrons. The van der Waals surface area contributed by atoms with Crippen molar-refractivity contribution < 1.29 is 5.11 Å². The van der Waals surface area contributed by atoms with Crippen LogP contribution in [-0.2, 0) is 6.54 Å². The number of nitrogens with one attached hydrogen (secondary N) is 1. The van der Waals surface area contributed by atoms with Crippen molar-refractivity contribution in [2.24, 2.45) is 0 Å². The highest BCUT2D eigenvalue weighted by Crippen LogP contribution is 2.32. The van der Waals surface area contributed by atoms with Crippen LogP contribution in [-0.4, -0.2) is 36.8 Å². The molecule has 0 amide bonds. The Bertz CT molecular complexity index is 840. The average Bonchev–Trinajstić information content (AvgIpc) is 3.21. The first-order chi connectivity index (χ1) is 12.1. The van der Waals surface area contributed by atoms with Crippen LogP contribution in [0.15, 0.2) is 48.8 Å². The van der Waals surface area contributed by atoms with Crippen LogP contribution in [0.2, 0.25) is 0 Å². The van der Waals surface area contributed by atoms with E-state index in [-0.39, 0.29) is 18.2 Å². The van der Waals surface area contributed by atoms with Crippen molar-refractivity contribution >= 4 is 0 Å². The topological polar surface area (TPSA) is 67.9 Å². The van der Waals surface area contributed by atoms with E-state index >= 15 is 0 Å². The predicted octanol–water partition coefficient (Wildman–Crippen LogP) is 2.15. The van der Waals surface area contributed by atoms with Crippen molar-refractivity contribution in [3.63, 3.8) is 0 Å². The highest BCUT2D eigenvalue weighted by Gasteiger charge is 2.41. The molecular formula is C19H23N5O. The third-order valence-corrected chi connectivity index (χ3v) is 5.12. The summed E-state index contributed by atoms with van der Waals surface area (Å²) in [6, 6.07) is 12.3. The average molecular weight is 337 g/mol. The highest BCUT2D eigenvalue weighted by molar-refractivity contribution is 5.36. The number of hydrogen-bond donors (Lipinski definition) is 2. The van der Waals surface area contributed by atoms with Gasteiger partial charge in [-0.1, -0.05) is 18.2 Å². The summed E-state index contributed by atoms with van der Waals surface area (Å²) in [5.74, 6) is 0. The minimum Gasteiger partial charge on any atom is -0.391 e. The van der Waals surface area contributed by atoms with Gasteiger partial charge in [-0.05, 0) is 38.5 Å². The van der Waals surface area contributed by atoms with E-state index in [2.05, 4.69) is 29.5 Å². The second-order valence-corrected chi connectivity index (χ2v) is 6.66. The van der Waals surface area contributed by atoms with E-state index in [1.807, 2.05) is 46.7 Å². The Morgan fingerprint density at radius 1 is 1.20 bits per heavy atom. The fourth-order valence-corrected chi connectivity index (χ4v) is 3.62. The number of aromatic nitrogens is 4. The zero-order chi connectivity index (χ0) is 17.4. The normalized spacial score (nSPS) is 22.8. The van der Waals surface area contributed by atoms with Gasteiger partial charge in [-0.15, -0.1) is 0 Å². The van der Waals surface area contributed by atoms with Gasteiger partial charge in [-0.2, -0.15) is 10.2 Å². The summed E-state index contributed by atoms with van der Waals surface area (Å²) in [6.45, 7) is 4.88. The monoisotopic (exact) mass is 337 g/mol. The maximum absolute atomic E-state index is 10.1. The molecule has 3 aromatic rings. The van der Waals surface area contributed by atoms with Crippen molar-refractivity contribution in [2.75, 3.05) is 0 Å². The molecule has 1 aliphatic rings. The molecule has 0 spiro atoms. The van der Waals surface area contributed by atoms with Crippen molar-refractivity contribution in [1.29, 1.82) is 0 Å². The van der Waals surface area contributed by atoms with Gasteiger partial charge in [0.15, 0.2) is 0 Å². The molecule has 0 saturated heterocycles. The molecule has 1 saturated carbocycles. The van der Waals surface area contributed by atoms with Crippen LogP contribution >= 0.6 is 0 Å². The third kappa shape index (κ3) is 2.88. The molecule has 2 aromatic heterocycles. The van der Waals surface area contributed by atoms with Crippen molar-refractivity contribution in [3.8, 4) is 5.69 Å². The van der Waals surface area contributed by atoms with Crippen LogP contribution in [0.5, 0.6) is 0 Å². The van der Waals surface area contributed by atoms with Gasteiger partial charge in [0.25, 0.3) is 0 Å². The Kier molecular flexibility index (Phi) is 4.15. The van der Waals surface area contributed by atoms with E-state index in [1.54, 1.807) is 6.20 Å². The summed E-state index contributed by atoms with van der Waals surface area (Å²) in [5.41, 5.74) is 4.46. The summed E-state index contributed by atoms with van der Waals surface area (Å²) in [6.07, 6.45) is 4.06. The van der Waals surface area contributed by atoms with Crippen LogP contribution in [0.3, 0.4) is 0 Å². The lowest BCUT2D eigenvalue weighted by atomic mass is 9.83. The molecule has 1 aliphatic carbocycles. The highest BCUT2D eigenvalue weighted by atomic mass is 16.3. The summed E-state index contributed by atoms with van der Waals surface area (Å²) in [4.78, 5) is 0. The first kappa shape index (κ1) is 16.1.